The molecule has 0 aliphatic carbocycles. The number of hydrogen-bond acceptors (Lipinski definition) is 2. The normalized spacial score (nSPS) is 15.2. The van der Waals surface area contributed by atoms with Crippen molar-refractivity contribution in [2.24, 2.45) is 0 Å². The summed E-state index contributed by atoms with van der Waals surface area (Å²) in [7, 11) is 0. The molecule has 9 aromatic rings. The van der Waals surface area contributed by atoms with Gasteiger partial charge in [-0.25, -0.2) is 0 Å². The summed E-state index contributed by atoms with van der Waals surface area (Å²) in [6, 6.07) is 65.7. The molecule has 2 heteroatoms. The van der Waals surface area contributed by atoms with Crippen molar-refractivity contribution in [2.75, 3.05) is 4.90 Å². The van der Waals surface area contributed by atoms with Crippen molar-refractivity contribution in [1.29, 1.82) is 0 Å². The SMILES string of the molecule is C=CC1Oc2ccccc2C1/C=C/N(c1ccc(-c2cc3ccccc3c3ccccc23)cc1)c1cccc(-c2cc3ccccc3c3ccccc23)c1. The summed E-state index contributed by atoms with van der Waals surface area (Å²) in [6.45, 7) is 4.12. The largest absolute Gasteiger partial charge is 0.485 e. The number of ether oxygens (including phenoxy) is 1. The van der Waals surface area contributed by atoms with Gasteiger partial charge in [-0.15, -0.1) is 0 Å². The molecule has 1 aliphatic rings. The molecule has 1 aliphatic heterocycles. The minimum absolute atomic E-state index is 0.0389. The highest BCUT2D eigenvalue weighted by Crippen LogP contribution is 2.42. The second kappa shape index (κ2) is 13.3. The van der Waals surface area contributed by atoms with Crippen LogP contribution in [0.15, 0.2) is 207 Å². The smallest absolute Gasteiger partial charge is 0.127 e. The van der Waals surface area contributed by atoms with Crippen molar-refractivity contribution in [1.82, 2.24) is 0 Å². The van der Waals surface area contributed by atoms with Gasteiger partial charge < -0.3 is 9.64 Å². The maximum atomic E-state index is 6.31. The van der Waals surface area contributed by atoms with E-state index in [1.807, 2.05) is 18.2 Å². The molecule has 2 atom stereocenters. The van der Waals surface area contributed by atoms with Gasteiger partial charge in [-0.05, 0) is 108 Å². The van der Waals surface area contributed by atoms with Crippen LogP contribution in [0.4, 0.5) is 11.4 Å². The number of fused-ring (bicyclic) bond motifs is 7. The molecule has 0 bridgehead atoms. The van der Waals surface area contributed by atoms with E-state index in [1.165, 1.54) is 70.9 Å². The molecule has 0 saturated heterocycles. The first kappa shape index (κ1) is 31.8. The molecule has 0 fully saturated rings. The van der Waals surface area contributed by atoms with Crippen molar-refractivity contribution in [3.63, 3.8) is 0 Å². The van der Waals surface area contributed by atoms with Gasteiger partial charge in [-0.1, -0.05) is 158 Å². The average molecular weight is 692 g/mol. The van der Waals surface area contributed by atoms with Crippen LogP contribution in [-0.4, -0.2) is 6.10 Å². The van der Waals surface area contributed by atoms with Crippen LogP contribution in [-0.2, 0) is 0 Å². The molecule has 54 heavy (non-hydrogen) atoms. The maximum absolute atomic E-state index is 6.31. The Bertz CT molecular complexity index is 2900. The first-order valence-electron chi connectivity index (χ1n) is 18.6. The van der Waals surface area contributed by atoms with E-state index in [0.29, 0.717) is 0 Å². The van der Waals surface area contributed by atoms with E-state index in [-0.39, 0.29) is 12.0 Å². The van der Waals surface area contributed by atoms with Gasteiger partial charge in [0, 0.05) is 29.1 Å². The molecule has 0 saturated carbocycles. The Hall–Kier alpha value is -6.90. The summed E-state index contributed by atoms with van der Waals surface area (Å²) in [5, 5.41) is 10.1. The van der Waals surface area contributed by atoms with E-state index in [2.05, 4.69) is 194 Å². The van der Waals surface area contributed by atoms with Crippen molar-refractivity contribution in [3.8, 4) is 28.0 Å². The predicted octanol–water partition coefficient (Wildman–Crippen LogP) is 14.0. The monoisotopic (exact) mass is 691 g/mol. The minimum Gasteiger partial charge on any atom is -0.485 e. The number of para-hydroxylation sites is 1. The molecule has 1 heterocycles. The molecule has 0 spiro atoms. The second-order valence-electron chi connectivity index (χ2n) is 14.1. The summed E-state index contributed by atoms with van der Waals surface area (Å²) in [5.74, 6) is 0.956. The zero-order valence-electron chi connectivity index (χ0n) is 29.8. The Balaban J connectivity index is 1.11. The van der Waals surface area contributed by atoms with E-state index >= 15 is 0 Å². The zero-order valence-corrected chi connectivity index (χ0v) is 29.8. The van der Waals surface area contributed by atoms with Crippen LogP contribution in [0.5, 0.6) is 5.75 Å². The van der Waals surface area contributed by atoms with Gasteiger partial charge in [0.25, 0.3) is 0 Å². The van der Waals surface area contributed by atoms with Crippen molar-refractivity contribution in [2.45, 2.75) is 12.0 Å². The fraction of sp³-hybridized carbons (Fsp3) is 0.0385. The highest BCUT2D eigenvalue weighted by atomic mass is 16.5. The fourth-order valence-corrected chi connectivity index (χ4v) is 8.38. The molecular formula is C52H37NO. The Kier molecular flexibility index (Phi) is 7.81. The molecule has 9 aromatic carbocycles. The Labute approximate surface area is 315 Å². The number of hydrogen-bond donors (Lipinski definition) is 0. The topological polar surface area (TPSA) is 12.5 Å². The third-order valence-electron chi connectivity index (χ3n) is 11.0. The lowest BCUT2D eigenvalue weighted by atomic mass is 9.92. The van der Waals surface area contributed by atoms with Crippen LogP contribution in [0.2, 0.25) is 0 Å². The number of anilines is 2. The number of rotatable bonds is 7. The summed E-state index contributed by atoms with van der Waals surface area (Å²) in [4.78, 5) is 2.30. The van der Waals surface area contributed by atoms with E-state index in [0.717, 1.165) is 17.1 Å². The van der Waals surface area contributed by atoms with Gasteiger partial charge >= 0.3 is 0 Å². The number of benzene rings is 9. The summed E-state index contributed by atoms with van der Waals surface area (Å²) < 4.78 is 6.31. The van der Waals surface area contributed by atoms with Gasteiger partial charge in [0.1, 0.15) is 11.9 Å². The van der Waals surface area contributed by atoms with Crippen LogP contribution < -0.4 is 9.64 Å². The van der Waals surface area contributed by atoms with Crippen LogP contribution in [0, 0.1) is 0 Å². The first-order valence-corrected chi connectivity index (χ1v) is 18.6. The zero-order chi connectivity index (χ0) is 36.0. The molecule has 0 aromatic heterocycles. The molecular weight excluding hydrogens is 655 g/mol. The Morgan fingerprint density at radius 2 is 1.02 bits per heavy atom. The third kappa shape index (κ3) is 5.43. The highest BCUT2D eigenvalue weighted by Gasteiger charge is 2.30. The lowest BCUT2D eigenvalue weighted by Gasteiger charge is -2.24. The van der Waals surface area contributed by atoms with E-state index in [9.17, 15) is 0 Å². The van der Waals surface area contributed by atoms with Crippen LogP contribution in [0.25, 0.3) is 65.3 Å². The standard InChI is InChI=1S/C52H37NO/c1-2-51-48(47-24-11-12-25-52(47)54-51)30-31-53(39-28-26-35(27-29-39)49-33-37-14-3-5-18-41(37)43-20-7-9-22-45(43)49)40-17-13-16-36(32-40)50-34-38-15-4-6-19-42(38)44-21-8-10-23-46(44)50/h2-34,48,51H,1H2/b31-30+. The quantitative estimate of drug-likeness (QED) is 0.122. The van der Waals surface area contributed by atoms with Crippen molar-refractivity contribution in [3.05, 3.63) is 212 Å². The molecule has 0 radical (unpaired) electrons. The number of nitrogens with zero attached hydrogens (tertiary/aromatic N) is 1. The third-order valence-corrected chi connectivity index (χ3v) is 11.0. The van der Waals surface area contributed by atoms with Crippen LogP contribution >= 0.6 is 0 Å². The van der Waals surface area contributed by atoms with Crippen LogP contribution in [0.1, 0.15) is 11.5 Å². The lowest BCUT2D eigenvalue weighted by Crippen LogP contribution is -2.15. The fourth-order valence-electron chi connectivity index (χ4n) is 8.38. The van der Waals surface area contributed by atoms with Gasteiger partial charge in [0.2, 0.25) is 0 Å². The van der Waals surface area contributed by atoms with Gasteiger partial charge in [0.05, 0.1) is 0 Å². The van der Waals surface area contributed by atoms with Gasteiger partial charge in [-0.3, -0.25) is 0 Å². The Morgan fingerprint density at radius 3 is 1.67 bits per heavy atom. The van der Waals surface area contributed by atoms with Crippen molar-refractivity contribution < 1.29 is 4.74 Å². The summed E-state index contributed by atoms with van der Waals surface area (Å²) >= 11 is 0. The van der Waals surface area contributed by atoms with Crippen molar-refractivity contribution >= 4 is 54.5 Å². The van der Waals surface area contributed by atoms with E-state index < -0.39 is 0 Å². The summed E-state index contributed by atoms with van der Waals surface area (Å²) in [6.07, 6.45) is 6.25. The van der Waals surface area contributed by atoms with E-state index in [4.69, 9.17) is 4.74 Å². The molecule has 0 amide bonds. The highest BCUT2D eigenvalue weighted by molar-refractivity contribution is 6.15. The summed E-state index contributed by atoms with van der Waals surface area (Å²) in [5.41, 5.74) is 8.13. The second-order valence-corrected chi connectivity index (χ2v) is 14.1. The molecule has 0 N–H and O–H groups in total. The Morgan fingerprint density at radius 1 is 0.463 bits per heavy atom. The van der Waals surface area contributed by atoms with Gasteiger partial charge in [0.15, 0.2) is 0 Å². The lowest BCUT2D eigenvalue weighted by molar-refractivity contribution is 0.270. The minimum atomic E-state index is -0.139. The van der Waals surface area contributed by atoms with Gasteiger partial charge in [-0.2, -0.15) is 0 Å². The molecule has 2 nitrogen and oxygen atoms in total. The average Bonchev–Trinajstić information content (AvgIpc) is 3.61. The predicted molar refractivity (Wildman–Crippen MR) is 229 cm³/mol. The van der Waals surface area contributed by atoms with Crippen LogP contribution in [0.3, 0.4) is 0 Å². The first-order chi connectivity index (χ1) is 26.7. The van der Waals surface area contributed by atoms with E-state index in [1.54, 1.807) is 0 Å². The molecule has 256 valence electrons. The molecule has 2 unspecified atom stereocenters. The maximum Gasteiger partial charge on any atom is 0.127 e. The molecule has 10 rings (SSSR count).